The molecule has 1 aliphatic rings. The van der Waals surface area contributed by atoms with Crippen LogP contribution in [0.4, 0.5) is 13.2 Å². The lowest BCUT2D eigenvalue weighted by Crippen LogP contribution is -2.60. The standard InChI is InChI=1S/C16H21ClF3NO/c1-14(2)8-11(9-15(3,4)21-14)22-10-5-6-13(17)12(7-10)16(18,19)20/h5-7,11,21H,8-9H2,1-4H3. The molecule has 6 heteroatoms. The van der Waals surface area contributed by atoms with Crippen molar-refractivity contribution in [3.8, 4) is 5.75 Å². The molecule has 1 fully saturated rings. The van der Waals surface area contributed by atoms with Crippen molar-refractivity contribution in [2.45, 2.75) is 63.9 Å². The molecule has 1 aliphatic heterocycles. The predicted molar refractivity (Wildman–Crippen MR) is 81.4 cm³/mol. The summed E-state index contributed by atoms with van der Waals surface area (Å²) in [6, 6.07) is 3.70. The molecule has 1 aromatic carbocycles. The van der Waals surface area contributed by atoms with Crippen molar-refractivity contribution in [3.05, 3.63) is 28.8 Å². The van der Waals surface area contributed by atoms with Crippen LogP contribution in [0.2, 0.25) is 5.02 Å². The molecule has 0 spiro atoms. The van der Waals surface area contributed by atoms with E-state index in [1.807, 2.05) is 0 Å². The average Bonchev–Trinajstić information content (AvgIpc) is 2.25. The fraction of sp³-hybridized carbons (Fsp3) is 0.625. The monoisotopic (exact) mass is 335 g/mol. The van der Waals surface area contributed by atoms with Gasteiger partial charge in [0.15, 0.2) is 0 Å². The number of halogens is 4. The molecule has 1 heterocycles. The van der Waals surface area contributed by atoms with E-state index in [0.717, 1.165) is 18.9 Å². The molecule has 0 aliphatic carbocycles. The Morgan fingerprint density at radius 2 is 1.68 bits per heavy atom. The van der Waals surface area contributed by atoms with Gasteiger partial charge in [-0.3, -0.25) is 0 Å². The van der Waals surface area contributed by atoms with Gasteiger partial charge in [-0.1, -0.05) is 11.6 Å². The van der Waals surface area contributed by atoms with Crippen LogP contribution >= 0.6 is 11.6 Å². The second kappa shape index (κ2) is 5.60. The number of nitrogens with one attached hydrogen (secondary N) is 1. The Bertz CT molecular complexity index is 539. The van der Waals surface area contributed by atoms with Crippen LogP contribution in [0.5, 0.6) is 5.75 Å². The Hall–Kier alpha value is -0.940. The predicted octanol–water partition coefficient (Wildman–Crippen LogP) is 5.05. The number of hydrogen-bond acceptors (Lipinski definition) is 2. The van der Waals surface area contributed by atoms with Gasteiger partial charge in [-0.25, -0.2) is 0 Å². The van der Waals surface area contributed by atoms with E-state index < -0.39 is 11.7 Å². The molecule has 0 radical (unpaired) electrons. The number of benzene rings is 1. The van der Waals surface area contributed by atoms with Gasteiger partial charge in [-0.05, 0) is 45.9 Å². The number of alkyl halides is 3. The lowest BCUT2D eigenvalue weighted by Gasteiger charge is -2.46. The first-order valence-electron chi connectivity index (χ1n) is 7.21. The molecule has 0 amide bonds. The molecule has 2 rings (SSSR count). The molecular weight excluding hydrogens is 315 g/mol. The second-order valence-corrected chi connectivity index (χ2v) is 7.59. The largest absolute Gasteiger partial charge is 0.490 e. The van der Waals surface area contributed by atoms with Crippen LogP contribution < -0.4 is 10.1 Å². The van der Waals surface area contributed by atoms with Gasteiger partial charge in [-0.2, -0.15) is 13.2 Å². The van der Waals surface area contributed by atoms with Gasteiger partial charge >= 0.3 is 6.18 Å². The quantitative estimate of drug-likeness (QED) is 0.817. The van der Waals surface area contributed by atoms with Gasteiger partial charge in [0, 0.05) is 23.9 Å². The third-order valence-corrected chi connectivity index (χ3v) is 4.03. The first kappa shape index (κ1) is 17.4. The summed E-state index contributed by atoms with van der Waals surface area (Å²) in [5.74, 6) is 0.204. The van der Waals surface area contributed by atoms with Crippen molar-refractivity contribution in [1.29, 1.82) is 0 Å². The molecule has 0 bridgehead atoms. The smallest absolute Gasteiger partial charge is 0.417 e. The Labute approximate surface area is 134 Å². The van der Waals surface area contributed by atoms with E-state index in [2.05, 4.69) is 33.0 Å². The van der Waals surface area contributed by atoms with E-state index in [4.69, 9.17) is 16.3 Å². The summed E-state index contributed by atoms with van der Waals surface area (Å²) in [7, 11) is 0. The van der Waals surface area contributed by atoms with E-state index in [1.54, 1.807) is 0 Å². The normalized spacial score (nSPS) is 21.6. The summed E-state index contributed by atoms with van der Waals surface area (Å²) >= 11 is 5.63. The van der Waals surface area contributed by atoms with Crippen molar-refractivity contribution in [3.63, 3.8) is 0 Å². The van der Waals surface area contributed by atoms with Gasteiger partial charge in [0.2, 0.25) is 0 Å². The Kier molecular flexibility index (Phi) is 4.44. The summed E-state index contributed by atoms with van der Waals surface area (Å²) in [6.07, 6.45) is -3.18. The third kappa shape index (κ3) is 4.29. The minimum absolute atomic E-state index is 0.133. The van der Waals surface area contributed by atoms with Crippen molar-refractivity contribution in [2.24, 2.45) is 0 Å². The molecule has 2 nitrogen and oxygen atoms in total. The lowest BCUT2D eigenvalue weighted by atomic mass is 9.81. The van der Waals surface area contributed by atoms with Gasteiger partial charge in [0.1, 0.15) is 11.9 Å². The Morgan fingerprint density at radius 3 is 2.18 bits per heavy atom. The Balaban J connectivity index is 2.20. The van der Waals surface area contributed by atoms with Crippen molar-refractivity contribution < 1.29 is 17.9 Å². The van der Waals surface area contributed by atoms with E-state index in [0.29, 0.717) is 0 Å². The molecule has 1 N–H and O–H groups in total. The van der Waals surface area contributed by atoms with Crippen LogP contribution in [0.15, 0.2) is 18.2 Å². The highest BCUT2D eigenvalue weighted by Gasteiger charge is 2.39. The fourth-order valence-electron chi connectivity index (χ4n) is 3.30. The SMILES string of the molecule is CC1(C)CC(Oc2ccc(Cl)c(C(F)(F)F)c2)CC(C)(C)N1. The zero-order valence-corrected chi connectivity index (χ0v) is 13.9. The molecule has 0 saturated carbocycles. The van der Waals surface area contributed by atoms with Crippen LogP contribution in [0.3, 0.4) is 0 Å². The maximum atomic E-state index is 12.9. The molecule has 124 valence electrons. The third-order valence-electron chi connectivity index (χ3n) is 3.70. The molecule has 0 atom stereocenters. The molecule has 22 heavy (non-hydrogen) atoms. The fourth-order valence-corrected chi connectivity index (χ4v) is 3.52. The number of rotatable bonds is 2. The summed E-state index contributed by atoms with van der Waals surface area (Å²) in [5, 5.41) is 3.20. The second-order valence-electron chi connectivity index (χ2n) is 7.18. The van der Waals surface area contributed by atoms with Gasteiger partial charge in [0.25, 0.3) is 0 Å². The van der Waals surface area contributed by atoms with Crippen molar-refractivity contribution in [1.82, 2.24) is 5.32 Å². The number of hydrogen-bond donors (Lipinski definition) is 1. The highest BCUT2D eigenvalue weighted by molar-refractivity contribution is 6.31. The maximum absolute atomic E-state index is 12.9. The number of ether oxygens (including phenoxy) is 1. The highest BCUT2D eigenvalue weighted by atomic mass is 35.5. The van der Waals surface area contributed by atoms with Gasteiger partial charge in [-0.15, -0.1) is 0 Å². The van der Waals surface area contributed by atoms with E-state index >= 15 is 0 Å². The van der Waals surface area contributed by atoms with Crippen molar-refractivity contribution >= 4 is 11.6 Å². The molecule has 0 aromatic heterocycles. The number of piperidine rings is 1. The summed E-state index contributed by atoms with van der Waals surface area (Å²) in [4.78, 5) is 0. The minimum atomic E-state index is -4.48. The zero-order chi connectivity index (χ0) is 16.8. The van der Waals surface area contributed by atoms with Crippen molar-refractivity contribution in [2.75, 3.05) is 0 Å². The van der Waals surface area contributed by atoms with Gasteiger partial charge < -0.3 is 10.1 Å². The van der Waals surface area contributed by atoms with E-state index in [-0.39, 0.29) is 28.0 Å². The molecular formula is C16H21ClF3NO. The maximum Gasteiger partial charge on any atom is 0.417 e. The van der Waals surface area contributed by atoms with E-state index in [1.165, 1.54) is 12.1 Å². The van der Waals surface area contributed by atoms with E-state index in [9.17, 15) is 13.2 Å². The van der Waals surface area contributed by atoms with Crippen LogP contribution in [0, 0.1) is 0 Å². The van der Waals surface area contributed by atoms with Crippen LogP contribution in [0.1, 0.15) is 46.1 Å². The minimum Gasteiger partial charge on any atom is -0.490 e. The summed E-state index contributed by atoms with van der Waals surface area (Å²) in [6.45, 7) is 8.25. The first-order chi connectivity index (χ1) is 9.88. The van der Waals surface area contributed by atoms with Gasteiger partial charge in [0.05, 0.1) is 10.6 Å². The molecule has 1 saturated heterocycles. The topological polar surface area (TPSA) is 21.3 Å². The zero-order valence-electron chi connectivity index (χ0n) is 13.1. The molecule has 0 unspecified atom stereocenters. The van der Waals surface area contributed by atoms with Crippen LogP contribution in [-0.2, 0) is 6.18 Å². The summed E-state index contributed by atoms with van der Waals surface area (Å²) in [5.41, 5.74) is -1.13. The lowest BCUT2D eigenvalue weighted by molar-refractivity contribution is -0.137. The highest BCUT2D eigenvalue weighted by Crippen LogP contribution is 2.38. The average molecular weight is 336 g/mol. The van der Waals surface area contributed by atoms with Crippen LogP contribution in [-0.4, -0.2) is 17.2 Å². The summed E-state index contributed by atoms with van der Waals surface area (Å²) < 4.78 is 44.5. The van der Waals surface area contributed by atoms with Crippen LogP contribution in [0.25, 0.3) is 0 Å². The first-order valence-corrected chi connectivity index (χ1v) is 7.59. The molecule has 1 aromatic rings. The Morgan fingerprint density at radius 1 is 1.14 bits per heavy atom.